The first-order chi connectivity index (χ1) is 14.3. The molecule has 30 heavy (non-hydrogen) atoms. The summed E-state index contributed by atoms with van der Waals surface area (Å²) in [7, 11) is -1.60. The number of nitrogens with zero attached hydrogens (tertiary/aromatic N) is 2. The van der Waals surface area contributed by atoms with E-state index < -0.39 is 28.7 Å². The van der Waals surface area contributed by atoms with Gasteiger partial charge in [0.1, 0.15) is 11.1 Å². The molecular formula is C19H13ClF2N4O2S2. The van der Waals surface area contributed by atoms with Gasteiger partial charge in [-0.15, -0.1) is 0 Å². The van der Waals surface area contributed by atoms with Crippen LogP contribution in [0, 0.1) is 11.7 Å². The number of rotatable bonds is 4. The number of benzene rings is 2. The Bertz CT molecular complexity index is 1370. The summed E-state index contributed by atoms with van der Waals surface area (Å²) in [6.07, 6.45) is 2.05. The molecule has 1 aliphatic carbocycles. The van der Waals surface area contributed by atoms with Crippen molar-refractivity contribution in [3.8, 4) is 11.1 Å². The summed E-state index contributed by atoms with van der Waals surface area (Å²) in [5.74, 6) is -1.74. The summed E-state index contributed by atoms with van der Waals surface area (Å²) >= 11 is 7.57. The summed E-state index contributed by atoms with van der Waals surface area (Å²) in [4.78, 5) is 16.3. The van der Waals surface area contributed by atoms with Gasteiger partial charge in [-0.25, -0.2) is 13.8 Å². The molecule has 3 atom stereocenters. The van der Waals surface area contributed by atoms with Gasteiger partial charge in [0, 0.05) is 17.2 Å². The Balaban J connectivity index is 1.60. The van der Waals surface area contributed by atoms with Crippen molar-refractivity contribution in [3.05, 3.63) is 35.2 Å². The van der Waals surface area contributed by atoms with E-state index in [0.717, 1.165) is 4.70 Å². The molecule has 0 spiro atoms. The monoisotopic (exact) mass is 466 g/mol. The Morgan fingerprint density at radius 1 is 1.43 bits per heavy atom. The number of aromatic nitrogens is 3. The van der Waals surface area contributed by atoms with Crippen molar-refractivity contribution in [3.63, 3.8) is 0 Å². The molecule has 154 valence electrons. The van der Waals surface area contributed by atoms with E-state index in [1.54, 1.807) is 18.2 Å². The van der Waals surface area contributed by atoms with Crippen LogP contribution >= 0.6 is 22.9 Å². The van der Waals surface area contributed by atoms with E-state index in [1.165, 1.54) is 23.8 Å². The van der Waals surface area contributed by atoms with Crippen molar-refractivity contribution >= 4 is 65.9 Å². The van der Waals surface area contributed by atoms with Gasteiger partial charge < -0.3 is 5.32 Å². The summed E-state index contributed by atoms with van der Waals surface area (Å²) in [6.45, 7) is 0. The molecule has 1 unspecified atom stereocenters. The van der Waals surface area contributed by atoms with E-state index in [4.69, 9.17) is 11.6 Å². The highest BCUT2D eigenvalue weighted by Gasteiger charge is 2.43. The van der Waals surface area contributed by atoms with Gasteiger partial charge in [0.25, 0.3) is 0 Å². The number of fused-ring (bicyclic) bond motifs is 2. The molecule has 0 radical (unpaired) electrons. The van der Waals surface area contributed by atoms with Crippen LogP contribution in [0.3, 0.4) is 0 Å². The third-order valence-corrected chi connectivity index (χ3v) is 7.24. The van der Waals surface area contributed by atoms with Crippen molar-refractivity contribution in [2.24, 2.45) is 5.92 Å². The molecule has 2 aromatic heterocycles. The first-order valence-electron chi connectivity index (χ1n) is 8.88. The smallest absolute Gasteiger partial charge is 0.232 e. The maximum atomic E-state index is 14.9. The molecule has 1 aliphatic rings. The van der Waals surface area contributed by atoms with E-state index in [9.17, 15) is 17.8 Å². The van der Waals surface area contributed by atoms with E-state index in [1.807, 2.05) is 0 Å². The van der Waals surface area contributed by atoms with Gasteiger partial charge in [0.05, 0.1) is 43.7 Å². The molecule has 4 aromatic rings. The minimum Gasteiger partial charge on any atom is -0.302 e. The highest BCUT2D eigenvalue weighted by Crippen LogP contribution is 2.42. The van der Waals surface area contributed by atoms with Gasteiger partial charge in [-0.2, -0.15) is 5.10 Å². The second-order valence-electron chi connectivity index (χ2n) is 6.99. The van der Waals surface area contributed by atoms with Crippen molar-refractivity contribution in [1.29, 1.82) is 0 Å². The molecule has 1 fully saturated rings. The number of carbonyl (C=O) groups is 1. The number of halogens is 3. The Morgan fingerprint density at radius 2 is 2.20 bits per heavy atom. The number of nitrogens with one attached hydrogen (secondary N) is 2. The summed E-state index contributed by atoms with van der Waals surface area (Å²) < 4.78 is 40.8. The Hall–Kier alpha value is -2.43. The van der Waals surface area contributed by atoms with Crippen LogP contribution in [-0.4, -0.2) is 37.7 Å². The molecule has 6 nitrogen and oxygen atoms in total. The highest BCUT2D eigenvalue weighted by molar-refractivity contribution is 7.84. The molecule has 2 aromatic carbocycles. The molecule has 0 aliphatic heterocycles. The van der Waals surface area contributed by atoms with Crippen LogP contribution in [0.4, 0.5) is 13.9 Å². The lowest BCUT2D eigenvalue weighted by atomic mass is 10.0. The maximum Gasteiger partial charge on any atom is 0.232 e. The SMILES string of the molecule is CS(=O)c1c(F)c(Cl)c(-c2ccc3nc(NC(=O)[C@@H]4C[C@@H]4F)sc3c2)c2cn[nH]c12. The third kappa shape index (κ3) is 3.10. The fourth-order valence-electron chi connectivity index (χ4n) is 3.41. The van der Waals surface area contributed by atoms with Crippen LogP contribution in [0.15, 0.2) is 29.3 Å². The first kappa shape index (κ1) is 19.5. The largest absolute Gasteiger partial charge is 0.302 e. The van der Waals surface area contributed by atoms with E-state index in [0.29, 0.717) is 32.7 Å². The molecule has 11 heteroatoms. The number of thiazole rings is 1. The Morgan fingerprint density at radius 3 is 2.90 bits per heavy atom. The maximum absolute atomic E-state index is 14.9. The zero-order valence-corrected chi connectivity index (χ0v) is 17.7. The van der Waals surface area contributed by atoms with Crippen LogP contribution in [0.2, 0.25) is 5.02 Å². The molecule has 5 rings (SSSR count). The highest BCUT2D eigenvalue weighted by atomic mass is 35.5. The van der Waals surface area contributed by atoms with Gasteiger partial charge in [-0.05, 0) is 24.1 Å². The van der Waals surface area contributed by atoms with Crippen LogP contribution in [0.25, 0.3) is 32.2 Å². The normalized spacial score (nSPS) is 19.3. The van der Waals surface area contributed by atoms with Crippen molar-refractivity contribution in [2.75, 3.05) is 11.6 Å². The minimum atomic E-state index is -1.60. The van der Waals surface area contributed by atoms with Crippen LogP contribution < -0.4 is 5.32 Å². The Kier molecular flexibility index (Phi) is 4.60. The number of alkyl halides is 1. The standard InChI is InChI=1S/C19H13ClF2N4O2S2/c1-30(28)17-15(22)14(20)13(9-6-23-26-16(9)17)7-2-3-11-12(4-7)29-19(24-11)25-18(27)8-5-10(8)21/h2-4,6,8,10H,5H2,1H3,(H,23,26)(H,24,25,27)/t8-,10+,30?/m1/s1. The molecule has 0 bridgehead atoms. The van der Waals surface area contributed by atoms with Crippen molar-refractivity contribution < 1.29 is 17.8 Å². The van der Waals surface area contributed by atoms with E-state index in [-0.39, 0.29) is 22.2 Å². The fraction of sp³-hybridized carbons (Fsp3) is 0.211. The van der Waals surface area contributed by atoms with Gasteiger partial charge in [0.15, 0.2) is 10.9 Å². The van der Waals surface area contributed by atoms with Crippen molar-refractivity contribution in [2.45, 2.75) is 17.5 Å². The van der Waals surface area contributed by atoms with Gasteiger partial charge in [0.2, 0.25) is 5.91 Å². The molecule has 0 saturated heterocycles. The van der Waals surface area contributed by atoms with Crippen LogP contribution in [0.5, 0.6) is 0 Å². The molecular weight excluding hydrogens is 454 g/mol. The molecule has 1 amide bonds. The van der Waals surface area contributed by atoms with E-state index >= 15 is 0 Å². The third-order valence-electron chi connectivity index (χ3n) is 4.99. The fourth-order valence-corrected chi connectivity index (χ4v) is 5.47. The van der Waals surface area contributed by atoms with Gasteiger partial charge >= 0.3 is 0 Å². The van der Waals surface area contributed by atoms with Crippen LogP contribution in [0.1, 0.15) is 6.42 Å². The number of hydrogen-bond donors (Lipinski definition) is 2. The summed E-state index contributed by atoms with van der Waals surface area (Å²) in [5, 5.41) is 10.1. The van der Waals surface area contributed by atoms with Gasteiger partial charge in [-0.3, -0.25) is 14.1 Å². The number of anilines is 1. The number of carbonyl (C=O) groups excluding carboxylic acids is 1. The summed E-state index contributed by atoms with van der Waals surface area (Å²) in [6, 6.07) is 5.26. The predicted molar refractivity (Wildman–Crippen MR) is 114 cm³/mol. The number of aromatic amines is 1. The number of amides is 1. The lowest BCUT2D eigenvalue weighted by Crippen LogP contribution is -2.14. The number of hydrogen-bond acceptors (Lipinski definition) is 5. The second kappa shape index (κ2) is 7.07. The average Bonchev–Trinajstić information content (AvgIpc) is 3.08. The molecule has 2 heterocycles. The minimum absolute atomic E-state index is 0.0219. The van der Waals surface area contributed by atoms with E-state index in [2.05, 4.69) is 20.5 Å². The topological polar surface area (TPSA) is 87.7 Å². The second-order valence-corrected chi connectivity index (χ2v) is 9.72. The molecule has 2 N–H and O–H groups in total. The average molecular weight is 467 g/mol. The quantitative estimate of drug-likeness (QED) is 0.457. The first-order valence-corrected chi connectivity index (χ1v) is 11.6. The molecule has 1 saturated carbocycles. The van der Waals surface area contributed by atoms with Crippen molar-refractivity contribution in [1.82, 2.24) is 15.2 Å². The van der Waals surface area contributed by atoms with Crippen LogP contribution in [-0.2, 0) is 15.6 Å². The lowest BCUT2D eigenvalue weighted by Gasteiger charge is -2.11. The summed E-state index contributed by atoms with van der Waals surface area (Å²) in [5.41, 5.74) is 2.01. The zero-order valence-electron chi connectivity index (χ0n) is 15.3. The Labute approximate surface area is 180 Å². The van der Waals surface area contributed by atoms with Gasteiger partial charge in [-0.1, -0.05) is 29.0 Å². The lowest BCUT2D eigenvalue weighted by molar-refractivity contribution is -0.117. The predicted octanol–water partition coefficient (Wildman–Crippen LogP) is 4.67. The number of H-pyrrole nitrogens is 1. The zero-order chi connectivity index (χ0) is 21.2.